The summed E-state index contributed by atoms with van der Waals surface area (Å²) < 4.78 is 32.2. The average molecular weight is 332 g/mol. The van der Waals surface area contributed by atoms with Crippen molar-refractivity contribution in [3.8, 4) is 5.75 Å². The molecule has 4 nitrogen and oxygen atoms in total. The van der Waals surface area contributed by atoms with Crippen LogP contribution in [0.5, 0.6) is 5.75 Å². The molecule has 1 N–H and O–H groups in total. The third-order valence-corrected chi connectivity index (χ3v) is 3.37. The summed E-state index contributed by atoms with van der Waals surface area (Å²) in [6.45, 7) is 5.05. The number of hydrazone groups is 1. The van der Waals surface area contributed by atoms with Crippen molar-refractivity contribution < 1.29 is 18.3 Å². The summed E-state index contributed by atoms with van der Waals surface area (Å²) in [5.74, 6) is -1.07. The van der Waals surface area contributed by atoms with Gasteiger partial charge in [0.15, 0.2) is 6.61 Å². The highest BCUT2D eigenvalue weighted by atomic mass is 19.1. The third kappa shape index (κ3) is 4.62. The molecule has 126 valence electrons. The number of nitrogens with one attached hydrogen (secondary N) is 1. The van der Waals surface area contributed by atoms with Gasteiger partial charge in [0.2, 0.25) is 0 Å². The largest absolute Gasteiger partial charge is 0.483 e. The van der Waals surface area contributed by atoms with Gasteiger partial charge in [0.25, 0.3) is 5.91 Å². The average Bonchev–Trinajstić information content (AvgIpc) is 2.55. The van der Waals surface area contributed by atoms with Gasteiger partial charge < -0.3 is 4.74 Å². The number of carbonyl (C=O) groups excluding carboxylic acids is 1. The fraction of sp³-hybridized carbons (Fsp3) is 0.222. The van der Waals surface area contributed by atoms with Crippen LogP contribution >= 0.6 is 0 Å². The zero-order chi connectivity index (χ0) is 17.7. The zero-order valence-corrected chi connectivity index (χ0v) is 13.7. The van der Waals surface area contributed by atoms with E-state index in [1.807, 2.05) is 32.0 Å². The fourth-order valence-corrected chi connectivity index (χ4v) is 2.02. The fourth-order valence-electron chi connectivity index (χ4n) is 2.02. The molecule has 0 bridgehead atoms. The number of ether oxygens (including phenoxy) is 1. The van der Waals surface area contributed by atoms with Crippen LogP contribution in [0.3, 0.4) is 0 Å². The molecule has 0 saturated carbocycles. The van der Waals surface area contributed by atoms with E-state index in [0.717, 1.165) is 29.3 Å². The lowest BCUT2D eigenvalue weighted by Crippen LogP contribution is -2.26. The van der Waals surface area contributed by atoms with Gasteiger partial charge in [0.1, 0.15) is 17.4 Å². The Hall–Kier alpha value is -2.76. The predicted octanol–water partition coefficient (Wildman–Crippen LogP) is 3.50. The molecule has 2 rings (SSSR count). The highest BCUT2D eigenvalue weighted by Gasteiger charge is 2.09. The summed E-state index contributed by atoms with van der Waals surface area (Å²) in [6, 6.07) is 8.73. The first-order valence-corrected chi connectivity index (χ1v) is 7.35. The summed E-state index contributed by atoms with van der Waals surface area (Å²) in [6.07, 6.45) is 0. The number of aryl methyl sites for hydroxylation is 2. The Morgan fingerprint density at radius 3 is 2.67 bits per heavy atom. The van der Waals surface area contributed by atoms with Gasteiger partial charge in [-0.1, -0.05) is 12.1 Å². The van der Waals surface area contributed by atoms with Gasteiger partial charge in [0, 0.05) is 5.56 Å². The maximum absolute atomic E-state index is 13.6. The molecule has 6 heteroatoms. The van der Waals surface area contributed by atoms with Crippen molar-refractivity contribution in [1.29, 1.82) is 0 Å². The van der Waals surface area contributed by atoms with Crippen LogP contribution in [-0.4, -0.2) is 18.2 Å². The van der Waals surface area contributed by atoms with Gasteiger partial charge in [0.05, 0.1) is 5.71 Å². The van der Waals surface area contributed by atoms with E-state index in [-0.39, 0.29) is 17.9 Å². The smallest absolute Gasteiger partial charge is 0.277 e. The lowest BCUT2D eigenvalue weighted by atomic mass is 10.1. The van der Waals surface area contributed by atoms with Crippen molar-refractivity contribution in [2.45, 2.75) is 20.8 Å². The quantitative estimate of drug-likeness (QED) is 0.673. The van der Waals surface area contributed by atoms with Crippen molar-refractivity contribution >= 4 is 11.6 Å². The van der Waals surface area contributed by atoms with Crippen LogP contribution in [0.15, 0.2) is 41.5 Å². The summed E-state index contributed by atoms with van der Waals surface area (Å²) in [5, 5.41) is 3.78. The summed E-state index contributed by atoms with van der Waals surface area (Å²) in [7, 11) is 0. The topological polar surface area (TPSA) is 50.7 Å². The Morgan fingerprint density at radius 2 is 1.92 bits per heavy atom. The zero-order valence-electron chi connectivity index (χ0n) is 13.7. The lowest BCUT2D eigenvalue weighted by molar-refractivity contribution is -0.123. The van der Waals surface area contributed by atoms with E-state index in [1.54, 1.807) is 0 Å². The number of hydrogen-bond acceptors (Lipinski definition) is 3. The molecular formula is C18H18F2N2O2. The van der Waals surface area contributed by atoms with Crippen LogP contribution < -0.4 is 10.2 Å². The second kappa shape index (κ2) is 7.68. The minimum atomic E-state index is -0.612. The Kier molecular flexibility index (Phi) is 5.63. The molecule has 0 heterocycles. The third-order valence-electron chi connectivity index (χ3n) is 3.37. The molecule has 0 spiro atoms. The molecule has 0 saturated heterocycles. The monoisotopic (exact) mass is 332 g/mol. The van der Waals surface area contributed by atoms with Crippen molar-refractivity contribution in [3.05, 3.63) is 64.7 Å². The van der Waals surface area contributed by atoms with E-state index in [1.165, 1.54) is 6.92 Å². The Bertz CT molecular complexity index is 789. The Morgan fingerprint density at radius 1 is 1.17 bits per heavy atom. The lowest BCUT2D eigenvalue weighted by Gasteiger charge is -2.09. The molecule has 0 aromatic heterocycles. The SMILES string of the molecule is C/C(=N/NC(=O)COc1cc(C)ccc1C)c1cc(F)ccc1F. The molecular weight excluding hydrogens is 314 g/mol. The molecule has 0 atom stereocenters. The Labute approximate surface area is 139 Å². The highest BCUT2D eigenvalue weighted by molar-refractivity contribution is 5.99. The number of nitrogens with zero attached hydrogens (tertiary/aromatic N) is 1. The van der Waals surface area contributed by atoms with Crippen molar-refractivity contribution in [2.24, 2.45) is 5.10 Å². The summed E-state index contributed by atoms with van der Waals surface area (Å²) in [5.41, 5.74) is 4.35. The van der Waals surface area contributed by atoms with Crippen molar-refractivity contribution in [3.63, 3.8) is 0 Å². The van der Waals surface area contributed by atoms with Gasteiger partial charge in [-0.2, -0.15) is 5.10 Å². The first kappa shape index (κ1) is 17.6. The second-order valence-corrected chi connectivity index (χ2v) is 5.41. The van der Waals surface area contributed by atoms with Gasteiger partial charge >= 0.3 is 0 Å². The second-order valence-electron chi connectivity index (χ2n) is 5.41. The summed E-state index contributed by atoms with van der Waals surface area (Å²) >= 11 is 0. The minimum absolute atomic E-state index is 0.00857. The maximum atomic E-state index is 13.6. The first-order valence-electron chi connectivity index (χ1n) is 7.35. The number of hydrogen-bond donors (Lipinski definition) is 1. The van der Waals surface area contributed by atoms with Crippen LogP contribution in [0.4, 0.5) is 8.78 Å². The van der Waals surface area contributed by atoms with Crippen molar-refractivity contribution in [2.75, 3.05) is 6.61 Å². The number of benzene rings is 2. The standard InChI is InChI=1S/C18H18F2N2O2/c1-11-4-5-12(2)17(8-11)24-10-18(23)22-21-13(3)15-9-14(19)6-7-16(15)20/h4-9H,10H2,1-3H3,(H,22,23)/b21-13-. The van der Waals surface area contributed by atoms with Gasteiger partial charge in [-0.25, -0.2) is 14.2 Å². The first-order chi connectivity index (χ1) is 11.4. The predicted molar refractivity (Wildman–Crippen MR) is 88.1 cm³/mol. The molecule has 24 heavy (non-hydrogen) atoms. The van der Waals surface area contributed by atoms with Gasteiger partial charge in [-0.15, -0.1) is 0 Å². The van der Waals surface area contributed by atoms with E-state index >= 15 is 0 Å². The van der Waals surface area contributed by atoms with Crippen LogP contribution in [-0.2, 0) is 4.79 Å². The molecule has 0 aliphatic rings. The van der Waals surface area contributed by atoms with E-state index in [9.17, 15) is 13.6 Å². The molecule has 0 radical (unpaired) electrons. The number of halogens is 2. The normalized spacial score (nSPS) is 11.3. The van der Waals surface area contributed by atoms with Gasteiger partial charge in [-0.05, 0) is 56.2 Å². The van der Waals surface area contributed by atoms with E-state index in [2.05, 4.69) is 10.5 Å². The molecule has 2 aromatic rings. The number of rotatable bonds is 5. The van der Waals surface area contributed by atoms with Crippen molar-refractivity contribution in [1.82, 2.24) is 5.43 Å². The van der Waals surface area contributed by atoms with Crippen LogP contribution in [0, 0.1) is 25.5 Å². The molecule has 0 aliphatic heterocycles. The van der Waals surface area contributed by atoms with Crippen LogP contribution in [0.1, 0.15) is 23.6 Å². The van der Waals surface area contributed by atoms with Crippen LogP contribution in [0.25, 0.3) is 0 Å². The van der Waals surface area contributed by atoms with Gasteiger partial charge in [-0.3, -0.25) is 4.79 Å². The van der Waals surface area contributed by atoms with E-state index < -0.39 is 17.5 Å². The molecule has 0 fully saturated rings. The van der Waals surface area contributed by atoms with E-state index in [0.29, 0.717) is 5.75 Å². The maximum Gasteiger partial charge on any atom is 0.277 e. The molecule has 2 aromatic carbocycles. The molecule has 0 aliphatic carbocycles. The van der Waals surface area contributed by atoms with Crippen LogP contribution in [0.2, 0.25) is 0 Å². The molecule has 0 unspecified atom stereocenters. The van der Waals surface area contributed by atoms with E-state index in [4.69, 9.17) is 4.74 Å². The number of carbonyl (C=O) groups is 1. The highest BCUT2D eigenvalue weighted by Crippen LogP contribution is 2.18. The molecule has 1 amide bonds. The number of amides is 1. The minimum Gasteiger partial charge on any atom is -0.483 e. The summed E-state index contributed by atoms with van der Waals surface area (Å²) in [4.78, 5) is 11.8. The Balaban J connectivity index is 1.97.